The SMILES string of the molecule is N#C/C(C(=S)Nc1ccc(C(F)(F)F)cc1)=C(/N)c1ccccc1. The van der Waals surface area contributed by atoms with E-state index in [9.17, 15) is 18.4 Å². The lowest BCUT2D eigenvalue weighted by atomic mass is 10.1. The van der Waals surface area contributed by atoms with Crippen LogP contribution in [-0.4, -0.2) is 4.99 Å². The van der Waals surface area contributed by atoms with Crippen LogP contribution in [0.5, 0.6) is 0 Å². The Labute approximate surface area is 142 Å². The van der Waals surface area contributed by atoms with Crippen LogP contribution in [0.15, 0.2) is 60.2 Å². The van der Waals surface area contributed by atoms with Gasteiger partial charge in [0.25, 0.3) is 0 Å². The maximum absolute atomic E-state index is 12.5. The van der Waals surface area contributed by atoms with Gasteiger partial charge < -0.3 is 11.1 Å². The fourth-order valence-corrected chi connectivity index (χ4v) is 2.20. The minimum atomic E-state index is -4.41. The predicted molar refractivity (Wildman–Crippen MR) is 90.8 cm³/mol. The van der Waals surface area contributed by atoms with E-state index in [1.54, 1.807) is 24.3 Å². The van der Waals surface area contributed by atoms with E-state index in [-0.39, 0.29) is 16.3 Å². The Kier molecular flexibility index (Phi) is 5.21. The minimum absolute atomic E-state index is 0.0404. The van der Waals surface area contributed by atoms with Crippen molar-refractivity contribution < 1.29 is 13.2 Å². The van der Waals surface area contributed by atoms with Gasteiger partial charge in [0.2, 0.25) is 0 Å². The molecule has 3 N–H and O–H groups in total. The minimum Gasteiger partial charge on any atom is -0.397 e. The number of benzene rings is 2. The Balaban J connectivity index is 2.23. The molecule has 0 unspecified atom stereocenters. The first kappa shape index (κ1) is 17.5. The summed E-state index contributed by atoms with van der Waals surface area (Å²) >= 11 is 5.15. The van der Waals surface area contributed by atoms with Crippen LogP contribution in [0, 0.1) is 11.3 Å². The highest BCUT2D eigenvalue weighted by Crippen LogP contribution is 2.30. The number of halogens is 3. The van der Waals surface area contributed by atoms with Crippen molar-refractivity contribution >= 4 is 28.6 Å². The normalized spacial score (nSPS) is 12.1. The summed E-state index contributed by atoms with van der Waals surface area (Å²) in [5.41, 5.74) is 6.42. The molecule has 0 aromatic heterocycles. The van der Waals surface area contributed by atoms with E-state index < -0.39 is 11.7 Å². The van der Waals surface area contributed by atoms with Gasteiger partial charge in [-0.05, 0) is 29.8 Å². The lowest BCUT2D eigenvalue weighted by molar-refractivity contribution is -0.137. The molecule has 2 aromatic carbocycles. The molecule has 2 rings (SSSR count). The first-order valence-corrected chi connectivity index (χ1v) is 7.17. The van der Waals surface area contributed by atoms with Crippen molar-refractivity contribution in [2.45, 2.75) is 6.18 Å². The van der Waals surface area contributed by atoms with Crippen LogP contribution in [0.1, 0.15) is 11.1 Å². The third-order valence-electron chi connectivity index (χ3n) is 3.16. The number of nitriles is 1. The van der Waals surface area contributed by atoms with Gasteiger partial charge in [0, 0.05) is 5.69 Å². The van der Waals surface area contributed by atoms with Gasteiger partial charge in [0.1, 0.15) is 16.6 Å². The van der Waals surface area contributed by atoms with E-state index >= 15 is 0 Å². The fourth-order valence-electron chi connectivity index (χ4n) is 1.93. The second kappa shape index (κ2) is 7.15. The molecule has 0 aliphatic rings. The molecule has 0 amide bonds. The Bertz CT molecular complexity index is 804. The Morgan fingerprint density at radius 1 is 1.04 bits per heavy atom. The van der Waals surface area contributed by atoms with Crippen molar-refractivity contribution in [3.63, 3.8) is 0 Å². The second-order valence-corrected chi connectivity index (χ2v) is 5.20. The van der Waals surface area contributed by atoms with Crippen molar-refractivity contribution in [2.75, 3.05) is 5.32 Å². The van der Waals surface area contributed by atoms with Crippen molar-refractivity contribution in [3.8, 4) is 6.07 Å². The van der Waals surface area contributed by atoms with Crippen LogP contribution in [0.4, 0.5) is 18.9 Å². The number of hydrogen-bond acceptors (Lipinski definition) is 3. The Morgan fingerprint density at radius 2 is 1.62 bits per heavy atom. The average Bonchev–Trinajstić information content (AvgIpc) is 2.56. The fraction of sp³-hybridized carbons (Fsp3) is 0.0588. The van der Waals surface area contributed by atoms with Gasteiger partial charge in [-0.1, -0.05) is 42.5 Å². The highest BCUT2D eigenvalue weighted by Gasteiger charge is 2.30. The van der Waals surface area contributed by atoms with Gasteiger partial charge in [-0.15, -0.1) is 0 Å². The molecule has 24 heavy (non-hydrogen) atoms. The summed E-state index contributed by atoms with van der Waals surface area (Å²) in [6, 6.07) is 15.1. The second-order valence-electron chi connectivity index (χ2n) is 4.80. The molecule has 7 heteroatoms. The molecule has 0 aliphatic carbocycles. The van der Waals surface area contributed by atoms with Crippen LogP contribution >= 0.6 is 12.2 Å². The highest BCUT2D eigenvalue weighted by molar-refractivity contribution is 7.81. The lowest BCUT2D eigenvalue weighted by Gasteiger charge is -2.11. The molecule has 0 aliphatic heterocycles. The molecule has 0 bridgehead atoms. The average molecular weight is 347 g/mol. The quantitative estimate of drug-likeness (QED) is 0.493. The van der Waals surface area contributed by atoms with Gasteiger partial charge in [0.05, 0.1) is 11.3 Å². The number of nitrogens with two attached hydrogens (primary N) is 1. The number of nitrogens with one attached hydrogen (secondary N) is 1. The molecule has 0 spiro atoms. The molecular weight excluding hydrogens is 335 g/mol. The Hall–Kier alpha value is -2.85. The van der Waals surface area contributed by atoms with E-state index in [4.69, 9.17) is 18.0 Å². The van der Waals surface area contributed by atoms with Crippen molar-refractivity contribution in [2.24, 2.45) is 5.73 Å². The van der Waals surface area contributed by atoms with Crippen molar-refractivity contribution in [3.05, 3.63) is 71.3 Å². The largest absolute Gasteiger partial charge is 0.416 e. The van der Waals surface area contributed by atoms with Crippen molar-refractivity contribution in [1.29, 1.82) is 5.26 Å². The molecule has 3 nitrogen and oxygen atoms in total. The number of nitrogens with zero attached hydrogens (tertiary/aromatic N) is 1. The van der Waals surface area contributed by atoms with Crippen LogP contribution in [0.25, 0.3) is 5.70 Å². The van der Waals surface area contributed by atoms with Crippen LogP contribution in [0.2, 0.25) is 0 Å². The van der Waals surface area contributed by atoms with E-state index in [1.807, 2.05) is 12.1 Å². The molecule has 0 atom stereocenters. The van der Waals surface area contributed by atoms with Crippen LogP contribution in [-0.2, 0) is 6.18 Å². The maximum Gasteiger partial charge on any atom is 0.416 e. The number of hydrogen-bond donors (Lipinski definition) is 2. The van der Waals surface area contributed by atoms with E-state index in [0.29, 0.717) is 11.3 Å². The summed E-state index contributed by atoms with van der Waals surface area (Å²) in [6.45, 7) is 0. The zero-order chi connectivity index (χ0) is 17.7. The molecular formula is C17H12F3N3S. The number of thiocarbonyl (C=S) groups is 1. The summed E-state index contributed by atoms with van der Waals surface area (Å²) in [6.07, 6.45) is -4.41. The number of alkyl halides is 3. The molecule has 0 saturated heterocycles. The maximum atomic E-state index is 12.5. The monoisotopic (exact) mass is 347 g/mol. The number of rotatable bonds is 3. The summed E-state index contributed by atoms with van der Waals surface area (Å²) in [5.74, 6) is 0. The molecule has 0 radical (unpaired) electrons. The highest BCUT2D eigenvalue weighted by atomic mass is 32.1. The third kappa shape index (κ3) is 4.12. The summed E-state index contributed by atoms with van der Waals surface area (Å²) < 4.78 is 37.6. The number of anilines is 1. The molecule has 2 aromatic rings. The molecule has 0 saturated carbocycles. The summed E-state index contributed by atoms with van der Waals surface area (Å²) in [7, 11) is 0. The standard InChI is InChI=1S/C17H12F3N3S/c18-17(19,20)12-6-8-13(9-7-12)23-16(24)14(10-21)15(22)11-4-2-1-3-5-11/h1-9H,22H2,(H,23,24)/b15-14-. The van der Waals surface area contributed by atoms with E-state index in [1.165, 1.54) is 12.1 Å². The molecule has 0 fully saturated rings. The topological polar surface area (TPSA) is 61.8 Å². The summed E-state index contributed by atoms with van der Waals surface area (Å²) in [5, 5.41) is 12.0. The van der Waals surface area contributed by atoms with Gasteiger partial charge in [-0.3, -0.25) is 0 Å². The van der Waals surface area contributed by atoms with Crippen molar-refractivity contribution in [1.82, 2.24) is 0 Å². The van der Waals surface area contributed by atoms with Gasteiger partial charge in [-0.25, -0.2) is 0 Å². The Morgan fingerprint density at radius 3 is 2.12 bits per heavy atom. The zero-order valence-electron chi connectivity index (χ0n) is 12.3. The lowest BCUT2D eigenvalue weighted by Crippen LogP contribution is -2.15. The van der Waals surface area contributed by atoms with E-state index in [0.717, 1.165) is 12.1 Å². The van der Waals surface area contributed by atoms with Gasteiger partial charge >= 0.3 is 6.18 Å². The summed E-state index contributed by atoms with van der Waals surface area (Å²) in [4.78, 5) is 0.0404. The van der Waals surface area contributed by atoms with Crippen LogP contribution in [0.3, 0.4) is 0 Å². The first-order chi connectivity index (χ1) is 11.3. The molecule has 0 heterocycles. The van der Waals surface area contributed by atoms with Gasteiger partial charge in [-0.2, -0.15) is 18.4 Å². The zero-order valence-corrected chi connectivity index (χ0v) is 13.1. The smallest absolute Gasteiger partial charge is 0.397 e. The first-order valence-electron chi connectivity index (χ1n) is 6.77. The molecule has 122 valence electrons. The van der Waals surface area contributed by atoms with Gasteiger partial charge in [0.15, 0.2) is 0 Å². The van der Waals surface area contributed by atoms with E-state index in [2.05, 4.69) is 5.32 Å². The third-order valence-corrected chi connectivity index (χ3v) is 3.47. The van der Waals surface area contributed by atoms with Crippen LogP contribution < -0.4 is 11.1 Å². The predicted octanol–water partition coefficient (Wildman–Crippen LogP) is 4.34.